The lowest BCUT2D eigenvalue weighted by atomic mass is 10.3. The third-order valence-corrected chi connectivity index (χ3v) is 3.80. The number of benzene rings is 1. The van der Waals surface area contributed by atoms with Crippen molar-refractivity contribution in [2.24, 2.45) is 0 Å². The summed E-state index contributed by atoms with van der Waals surface area (Å²) in [5, 5.41) is 0.169. The van der Waals surface area contributed by atoms with Crippen molar-refractivity contribution >= 4 is 32.3 Å². The first-order valence-corrected chi connectivity index (χ1v) is 7.20. The minimum atomic E-state index is -1.10. The second kappa shape index (κ2) is 3.48. The van der Waals surface area contributed by atoms with E-state index in [-0.39, 0.29) is 10.8 Å². The van der Waals surface area contributed by atoms with Crippen LogP contribution in [0.25, 0.3) is 0 Å². The van der Waals surface area contributed by atoms with Crippen LogP contribution in [0.2, 0.25) is 5.02 Å². The zero-order chi connectivity index (χ0) is 9.35. The Bertz CT molecular complexity index is 294. The highest BCUT2D eigenvalue weighted by Crippen LogP contribution is 2.53. The van der Waals surface area contributed by atoms with E-state index in [0.29, 0.717) is 0 Å². The van der Waals surface area contributed by atoms with Crippen LogP contribution in [-0.4, -0.2) is 12.5 Å². The van der Waals surface area contributed by atoms with Crippen LogP contribution in [0.3, 0.4) is 0 Å². The van der Waals surface area contributed by atoms with Gasteiger partial charge in [0.25, 0.3) is 0 Å². The Hall–Kier alpha value is 0.140. The molecule has 1 aromatic carbocycles. The normalized spacial score (nSPS) is 13.1. The maximum absolute atomic E-state index is 12.7. The van der Waals surface area contributed by atoms with Crippen molar-refractivity contribution in [2.45, 2.75) is 4.90 Å². The second-order valence-corrected chi connectivity index (χ2v) is 9.01. The summed E-state index contributed by atoms with van der Waals surface area (Å²) in [7, 11) is -1.10. The quantitative estimate of drug-likeness (QED) is 0.545. The predicted octanol–water partition coefficient (Wildman–Crippen LogP) is 3.75. The van der Waals surface area contributed by atoms with E-state index in [1.807, 2.05) is 12.5 Å². The lowest BCUT2D eigenvalue weighted by Gasteiger charge is -2.24. The Labute approximate surface area is 83.2 Å². The van der Waals surface area contributed by atoms with Gasteiger partial charge in [-0.1, -0.05) is 11.6 Å². The average Bonchev–Trinajstić information content (AvgIpc) is 1.92. The first-order chi connectivity index (χ1) is 5.41. The van der Waals surface area contributed by atoms with E-state index in [9.17, 15) is 4.39 Å². The van der Waals surface area contributed by atoms with Gasteiger partial charge in [-0.25, -0.2) is 4.39 Å². The molecule has 0 unspecified atom stereocenters. The van der Waals surface area contributed by atoms with Gasteiger partial charge in [-0.15, -0.1) is 11.7 Å². The summed E-state index contributed by atoms with van der Waals surface area (Å²) in [6.45, 7) is 0. The Morgan fingerprint density at radius 2 is 2.00 bits per heavy atom. The van der Waals surface area contributed by atoms with E-state index in [1.54, 1.807) is 12.1 Å². The summed E-state index contributed by atoms with van der Waals surface area (Å²) < 4.78 is 12.7. The SMILES string of the molecule is CS(C)(S)c1ccc(F)c(Cl)c1. The average molecular weight is 225 g/mol. The molecule has 0 heterocycles. The van der Waals surface area contributed by atoms with Crippen molar-refractivity contribution < 1.29 is 4.39 Å². The van der Waals surface area contributed by atoms with E-state index >= 15 is 0 Å². The molecule has 12 heavy (non-hydrogen) atoms. The van der Waals surface area contributed by atoms with Gasteiger partial charge in [-0.05, 0) is 35.6 Å². The topological polar surface area (TPSA) is 0 Å². The summed E-state index contributed by atoms with van der Waals surface area (Å²) >= 11 is 10.1. The zero-order valence-corrected chi connectivity index (χ0v) is 9.31. The van der Waals surface area contributed by atoms with E-state index in [0.717, 1.165) is 4.90 Å². The fourth-order valence-corrected chi connectivity index (χ4v) is 2.18. The van der Waals surface area contributed by atoms with Crippen molar-refractivity contribution in [2.75, 3.05) is 12.5 Å². The molecule has 0 aromatic heterocycles. The maximum atomic E-state index is 12.7. The van der Waals surface area contributed by atoms with Crippen LogP contribution < -0.4 is 0 Å². The summed E-state index contributed by atoms with van der Waals surface area (Å²) in [5.74, 6) is -0.377. The van der Waals surface area contributed by atoms with Crippen LogP contribution in [-0.2, 0) is 0 Å². The molecule has 0 saturated carbocycles. The van der Waals surface area contributed by atoms with Gasteiger partial charge in [0, 0.05) is 0 Å². The van der Waals surface area contributed by atoms with Crippen molar-refractivity contribution in [3.05, 3.63) is 29.0 Å². The first kappa shape index (κ1) is 10.2. The number of halogens is 2. The lowest BCUT2D eigenvalue weighted by Crippen LogP contribution is -1.88. The minimum absolute atomic E-state index is 0.169. The van der Waals surface area contributed by atoms with Gasteiger partial charge in [0.15, 0.2) is 0 Å². The fourth-order valence-electron chi connectivity index (χ4n) is 0.788. The van der Waals surface area contributed by atoms with Gasteiger partial charge in [-0.3, -0.25) is 0 Å². The molecule has 4 heteroatoms. The van der Waals surface area contributed by atoms with Crippen molar-refractivity contribution in [3.63, 3.8) is 0 Å². The molecule has 0 aliphatic heterocycles. The van der Waals surface area contributed by atoms with Crippen LogP contribution >= 0.6 is 32.3 Å². The molecular weight excluding hydrogens is 215 g/mol. The van der Waals surface area contributed by atoms with Crippen molar-refractivity contribution in [3.8, 4) is 0 Å². The van der Waals surface area contributed by atoms with Crippen LogP contribution in [0.5, 0.6) is 0 Å². The highest BCUT2D eigenvalue weighted by Gasteiger charge is 2.10. The summed E-state index contributed by atoms with van der Waals surface area (Å²) in [5.41, 5.74) is 0. The molecule has 0 saturated heterocycles. The maximum Gasteiger partial charge on any atom is 0.141 e. The smallest absolute Gasteiger partial charge is 0.141 e. The van der Waals surface area contributed by atoms with Gasteiger partial charge in [0.05, 0.1) is 5.02 Å². The highest BCUT2D eigenvalue weighted by atomic mass is 35.5. The Morgan fingerprint density at radius 3 is 2.42 bits per heavy atom. The van der Waals surface area contributed by atoms with Crippen LogP contribution in [0.15, 0.2) is 23.1 Å². The molecule has 0 fully saturated rings. The highest BCUT2D eigenvalue weighted by molar-refractivity contribution is 8.87. The van der Waals surface area contributed by atoms with E-state index < -0.39 is 9.06 Å². The van der Waals surface area contributed by atoms with E-state index in [2.05, 4.69) is 11.7 Å². The van der Waals surface area contributed by atoms with Crippen LogP contribution in [0.1, 0.15) is 0 Å². The van der Waals surface area contributed by atoms with Crippen molar-refractivity contribution in [1.29, 1.82) is 0 Å². The Morgan fingerprint density at radius 1 is 1.42 bits per heavy atom. The van der Waals surface area contributed by atoms with E-state index in [4.69, 9.17) is 11.6 Å². The summed E-state index contributed by atoms with van der Waals surface area (Å²) in [6.07, 6.45) is 4.03. The molecule has 0 N–H and O–H groups in total. The third-order valence-electron chi connectivity index (χ3n) is 1.47. The number of thiol groups is 1. The second-order valence-electron chi connectivity index (χ2n) is 2.85. The zero-order valence-electron chi connectivity index (χ0n) is 6.84. The predicted molar refractivity (Wildman–Crippen MR) is 58.1 cm³/mol. The minimum Gasteiger partial charge on any atom is -0.205 e. The molecule has 0 atom stereocenters. The van der Waals surface area contributed by atoms with Gasteiger partial charge in [0.2, 0.25) is 0 Å². The molecule has 0 amide bonds. The van der Waals surface area contributed by atoms with Gasteiger partial charge in [0.1, 0.15) is 5.82 Å². The molecule has 0 spiro atoms. The first-order valence-electron chi connectivity index (χ1n) is 3.32. The van der Waals surface area contributed by atoms with Gasteiger partial charge < -0.3 is 0 Å². The standard InChI is InChI=1S/C8H10ClFS2/c1-12(2,11)6-3-4-8(10)7(9)5-6/h3-5,11H,1-2H3. The number of hydrogen-bond acceptors (Lipinski definition) is 1. The molecular formula is C8H10ClFS2. The summed E-state index contributed by atoms with van der Waals surface area (Å²) in [6, 6.07) is 4.74. The fraction of sp³-hybridized carbons (Fsp3) is 0.250. The van der Waals surface area contributed by atoms with Crippen LogP contribution in [0, 0.1) is 5.82 Å². The molecule has 0 nitrogen and oxygen atoms in total. The molecule has 1 rings (SSSR count). The van der Waals surface area contributed by atoms with Gasteiger partial charge in [-0.2, -0.15) is 9.06 Å². The molecule has 0 aliphatic rings. The Kier molecular flexibility index (Phi) is 2.97. The molecule has 0 radical (unpaired) electrons. The number of hydrogen-bond donors (Lipinski definition) is 1. The van der Waals surface area contributed by atoms with Gasteiger partial charge >= 0.3 is 0 Å². The van der Waals surface area contributed by atoms with Crippen molar-refractivity contribution in [1.82, 2.24) is 0 Å². The molecule has 1 aromatic rings. The number of rotatable bonds is 1. The molecule has 0 aliphatic carbocycles. The molecule has 0 bridgehead atoms. The monoisotopic (exact) mass is 224 g/mol. The summed E-state index contributed by atoms with van der Waals surface area (Å²) in [4.78, 5) is 0.997. The Balaban J connectivity index is 3.14. The third kappa shape index (κ3) is 2.31. The van der Waals surface area contributed by atoms with E-state index in [1.165, 1.54) is 6.07 Å². The largest absolute Gasteiger partial charge is 0.205 e. The lowest BCUT2D eigenvalue weighted by molar-refractivity contribution is 0.627. The molecule has 68 valence electrons. The van der Waals surface area contributed by atoms with Crippen LogP contribution in [0.4, 0.5) is 4.39 Å².